The zero-order valence-corrected chi connectivity index (χ0v) is 12.9. The van der Waals surface area contributed by atoms with Crippen molar-refractivity contribution in [1.82, 2.24) is 4.90 Å². The number of anilines is 1. The van der Waals surface area contributed by atoms with E-state index in [4.69, 9.17) is 16.3 Å². The Balaban J connectivity index is 2.07. The van der Waals surface area contributed by atoms with Crippen molar-refractivity contribution in [2.45, 2.75) is 32.7 Å². The molecule has 4 nitrogen and oxygen atoms in total. The van der Waals surface area contributed by atoms with Crippen LogP contribution < -0.4 is 10.1 Å². The van der Waals surface area contributed by atoms with Gasteiger partial charge in [0.25, 0.3) is 0 Å². The van der Waals surface area contributed by atoms with E-state index in [1.807, 2.05) is 4.90 Å². The summed E-state index contributed by atoms with van der Waals surface area (Å²) < 4.78 is 5.09. The number of rotatable bonds is 2. The number of ether oxygens (including phenoxy) is 1. The molecule has 110 valence electrons. The molecule has 2 atom stereocenters. The van der Waals surface area contributed by atoms with E-state index in [1.165, 1.54) is 6.42 Å². The molecule has 0 aliphatic carbocycles. The van der Waals surface area contributed by atoms with Crippen LogP contribution >= 0.6 is 11.6 Å². The van der Waals surface area contributed by atoms with E-state index >= 15 is 0 Å². The summed E-state index contributed by atoms with van der Waals surface area (Å²) in [6.07, 6.45) is 2.22. The Hall–Kier alpha value is -1.42. The fourth-order valence-corrected chi connectivity index (χ4v) is 2.70. The average Bonchev–Trinajstić information content (AvgIpc) is 2.43. The van der Waals surface area contributed by atoms with Gasteiger partial charge in [-0.3, -0.25) is 0 Å². The van der Waals surface area contributed by atoms with Crippen LogP contribution in [0.15, 0.2) is 18.2 Å². The first-order valence-electron chi connectivity index (χ1n) is 6.92. The van der Waals surface area contributed by atoms with Crippen LogP contribution in [0.4, 0.5) is 10.5 Å². The number of piperidine rings is 1. The summed E-state index contributed by atoms with van der Waals surface area (Å²) in [5.41, 5.74) is 0.614. The highest BCUT2D eigenvalue weighted by molar-refractivity contribution is 6.33. The Morgan fingerprint density at radius 2 is 2.15 bits per heavy atom. The molecule has 1 N–H and O–H groups in total. The number of amides is 2. The van der Waals surface area contributed by atoms with Crippen LogP contribution in [0.25, 0.3) is 0 Å². The number of urea groups is 1. The number of nitrogens with zero attached hydrogens (tertiary/aromatic N) is 1. The number of benzene rings is 1. The van der Waals surface area contributed by atoms with Crippen LogP contribution in [0.2, 0.25) is 5.02 Å². The SMILES string of the molecule is COc1ccc(NC(=O)N2C[C@H](C)CC[C@H]2C)c(Cl)c1. The van der Waals surface area contributed by atoms with E-state index in [1.54, 1.807) is 25.3 Å². The predicted molar refractivity (Wildman–Crippen MR) is 81.6 cm³/mol. The Bertz CT molecular complexity index is 493. The van der Waals surface area contributed by atoms with E-state index in [-0.39, 0.29) is 12.1 Å². The lowest BCUT2D eigenvalue weighted by atomic mass is 9.95. The zero-order valence-electron chi connectivity index (χ0n) is 12.1. The molecule has 0 bridgehead atoms. The number of carbonyl (C=O) groups is 1. The maximum absolute atomic E-state index is 12.4. The highest BCUT2D eigenvalue weighted by Gasteiger charge is 2.27. The fraction of sp³-hybridized carbons (Fsp3) is 0.533. The highest BCUT2D eigenvalue weighted by Crippen LogP contribution is 2.28. The van der Waals surface area contributed by atoms with Gasteiger partial charge in [0.1, 0.15) is 5.75 Å². The lowest BCUT2D eigenvalue weighted by molar-refractivity contribution is 0.147. The lowest BCUT2D eigenvalue weighted by Gasteiger charge is -2.36. The standard InChI is InChI=1S/C15H21ClN2O2/c1-10-4-5-11(2)18(9-10)15(19)17-14-7-6-12(20-3)8-13(14)16/h6-8,10-11H,4-5,9H2,1-3H3,(H,17,19)/t10-,11-/m1/s1. The van der Waals surface area contributed by atoms with Crippen molar-refractivity contribution in [3.8, 4) is 5.75 Å². The fourth-order valence-electron chi connectivity index (χ4n) is 2.48. The molecule has 1 heterocycles. The van der Waals surface area contributed by atoms with Crippen LogP contribution in [-0.2, 0) is 0 Å². The Kier molecular flexibility index (Phi) is 4.76. The number of carbonyl (C=O) groups excluding carboxylic acids is 1. The van der Waals surface area contributed by atoms with E-state index in [2.05, 4.69) is 19.2 Å². The monoisotopic (exact) mass is 296 g/mol. The van der Waals surface area contributed by atoms with Gasteiger partial charge < -0.3 is 15.0 Å². The molecule has 1 aliphatic heterocycles. The van der Waals surface area contributed by atoms with Crippen LogP contribution in [0.3, 0.4) is 0 Å². The highest BCUT2D eigenvalue weighted by atomic mass is 35.5. The van der Waals surface area contributed by atoms with Gasteiger partial charge in [0, 0.05) is 18.7 Å². The molecule has 0 aromatic heterocycles. The van der Waals surface area contributed by atoms with Crippen molar-refractivity contribution < 1.29 is 9.53 Å². The predicted octanol–water partition coefficient (Wildman–Crippen LogP) is 4.00. The van der Waals surface area contributed by atoms with Crippen molar-refractivity contribution >= 4 is 23.3 Å². The third-order valence-corrected chi connectivity index (χ3v) is 4.11. The molecule has 1 aromatic rings. The normalized spacial score (nSPS) is 22.5. The van der Waals surface area contributed by atoms with Crippen LogP contribution in [-0.4, -0.2) is 30.6 Å². The van der Waals surface area contributed by atoms with Crippen molar-refractivity contribution in [2.75, 3.05) is 19.0 Å². The molecule has 5 heteroatoms. The number of likely N-dealkylation sites (tertiary alicyclic amines) is 1. The molecule has 0 radical (unpaired) electrons. The van der Waals surface area contributed by atoms with Crippen molar-refractivity contribution in [3.63, 3.8) is 0 Å². The molecule has 1 aliphatic rings. The summed E-state index contributed by atoms with van der Waals surface area (Å²) in [6.45, 7) is 5.05. The summed E-state index contributed by atoms with van der Waals surface area (Å²) in [5, 5.41) is 3.36. The molecule has 1 aromatic carbocycles. The van der Waals surface area contributed by atoms with Gasteiger partial charge in [-0.05, 0) is 37.8 Å². The zero-order chi connectivity index (χ0) is 14.7. The molecule has 0 unspecified atom stereocenters. The Labute approximate surface area is 125 Å². The first kappa shape index (κ1) is 15.0. The van der Waals surface area contributed by atoms with E-state index in [0.29, 0.717) is 22.4 Å². The van der Waals surface area contributed by atoms with Crippen LogP contribution in [0, 0.1) is 5.92 Å². The lowest BCUT2D eigenvalue weighted by Crippen LogP contribution is -2.46. The maximum Gasteiger partial charge on any atom is 0.322 e. The first-order chi connectivity index (χ1) is 9.51. The molecular formula is C15H21ClN2O2. The number of hydrogen-bond donors (Lipinski definition) is 1. The van der Waals surface area contributed by atoms with Crippen LogP contribution in [0.5, 0.6) is 5.75 Å². The number of nitrogens with one attached hydrogen (secondary N) is 1. The van der Waals surface area contributed by atoms with Crippen molar-refractivity contribution in [1.29, 1.82) is 0 Å². The van der Waals surface area contributed by atoms with Gasteiger partial charge in [-0.15, -0.1) is 0 Å². The smallest absolute Gasteiger partial charge is 0.322 e. The third kappa shape index (κ3) is 3.37. The number of methoxy groups -OCH3 is 1. The summed E-state index contributed by atoms with van der Waals surface area (Å²) in [7, 11) is 1.58. The molecule has 0 spiro atoms. The van der Waals surface area contributed by atoms with Gasteiger partial charge in [0.15, 0.2) is 0 Å². The van der Waals surface area contributed by atoms with Crippen molar-refractivity contribution in [2.24, 2.45) is 5.92 Å². The molecule has 1 saturated heterocycles. The van der Waals surface area contributed by atoms with Gasteiger partial charge in [-0.1, -0.05) is 18.5 Å². The third-order valence-electron chi connectivity index (χ3n) is 3.80. The Morgan fingerprint density at radius 1 is 1.40 bits per heavy atom. The van der Waals surface area contributed by atoms with Crippen LogP contribution in [0.1, 0.15) is 26.7 Å². The average molecular weight is 297 g/mol. The molecule has 1 fully saturated rings. The molecule has 0 saturated carbocycles. The van der Waals surface area contributed by atoms with Gasteiger partial charge in [-0.2, -0.15) is 0 Å². The minimum atomic E-state index is -0.0869. The first-order valence-corrected chi connectivity index (χ1v) is 7.30. The minimum Gasteiger partial charge on any atom is -0.497 e. The summed E-state index contributed by atoms with van der Waals surface area (Å²) in [5.74, 6) is 1.22. The Morgan fingerprint density at radius 3 is 2.80 bits per heavy atom. The van der Waals surface area contributed by atoms with Gasteiger partial charge in [-0.25, -0.2) is 4.79 Å². The van der Waals surface area contributed by atoms with Gasteiger partial charge in [0.05, 0.1) is 17.8 Å². The second-order valence-corrected chi connectivity index (χ2v) is 5.87. The van der Waals surface area contributed by atoms with Gasteiger partial charge >= 0.3 is 6.03 Å². The summed E-state index contributed by atoms with van der Waals surface area (Å²) in [4.78, 5) is 14.2. The second kappa shape index (κ2) is 6.35. The quantitative estimate of drug-likeness (QED) is 0.896. The largest absolute Gasteiger partial charge is 0.497 e. The maximum atomic E-state index is 12.4. The number of hydrogen-bond acceptors (Lipinski definition) is 2. The van der Waals surface area contributed by atoms with E-state index in [0.717, 1.165) is 13.0 Å². The summed E-state index contributed by atoms with van der Waals surface area (Å²) in [6, 6.07) is 5.42. The second-order valence-electron chi connectivity index (χ2n) is 5.46. The van der Waals surface area contributed by atoms with E-state index in [9.17, 15) is 4.79 Å². The molecule has 20 heavy (non-hydrogen) atoms. The molecule has 2 rings (SSSR count). The van der Waals surface area contributed by atoms with Crippen molar-refractivity contribution in [3.05, 3.63) is 23.2 Å². The molecule has 2 amide bonds. The van der Waals surface area contributed by atoms with E-state index < -0.39 is 0 Å². The summed E-state index contributed by atoms with van der Waals surface area (Å²) >= 11 is 6.14. The van der Waals surface area contributed by atoms with Gasteiger partial charge in [0.2, 0.25) is 0 Å². The topological polar surface area (TPSA) is 41.6 Å². The molecular weight excluding hydrogens is 276 g/mol. The minimum absolute atomic E-state index is 0.0869. The number of halogens is 1.